The van der Waals surface area contributed by atoms with Gasteiger partial charge < -0.3 is 10.5 Å². The molecule has 0 atom stereocenters. The van der Waals surface area contributed by atoms with Crippen molar-refractivity contribution in [2.75, 3.05) is 13.7 Å². The number of nitrogens with two attached hydrogens (primary N) is 1. The molecule has 0 aliphatic carbocycles. The molecule has 120 valence electrons. The van der Waals surface area contributed by atoms with Crippen LogP contribution in [0.3, 0.4) is 0 Å². The van der Waals surface area contributed by atoms with Crippen molar-refractivity contribution in [3.8, 4) is 0 Å². The van der Waals surface area contributed by atoms with Gasteiger partial charge in [0.1, 0.15) is 0 Å². The Balaban J connectivity index is 0.00000400. The summed E-state index contributed by atoms with van der Waals surface area (Å²) in [6, 6.07) is 4.47. The molecular weight excluding hydrogens is 316 g/mol. The standard InChI is InChI=1S/C13H20N2O4S.ClH/c1-9-10(12(16)19-4)6-5-7-11(9)20(17,18)15-13(2,3)8-14;/h5-7,15H,8,14H2,1-4H3;1H. The molecule has 3 N–H and O–H groups in total. The lowest BCUT2D eigenvalue weighted by Crippen LogP contribution is -2.48. The molecule has 0 spiro atoms. The average Bonchev–Trinajstić information content (AvgIpc) is 2.36. The zero-order chi connectivity index (χ0) is 15.6. The average molecular weight is 337 g/mol. The number of sulfonamides is 1. The summed E-state index contributed by atoms with van der Waals surface area (Å²) in [6.45, 7) is 5.09. The molecule has 6 nitrogen and oxygen atoms in total. The molecule has 0 unspecified atom stereocenters. The lowest BCUT2D eigenvalue weighted by atomic mass is 10.1. The Morgan fingerprint density at radius 3 is 2.43 bits per heavy atom. The van der Waals surface area contributed by atoms with E-state index >= 15 is 0 Å². The van der Waals surface area contributed by atoms with Gasteiger partial charge in [0.25, 0.3) is 0 Å². The van der Waals surface area contributed by atoms with Crippen LogP contribution in [0.2, 0.25) is 0 Å². The molecule has 0 radical (unpaired) electrons. The maximum Gasteiger partial charge on any atom is 0.338 e. The maximum absolute atomic E-state index is 12.4. The molecule has 21 heavy (non-hydrogen) atoms. The third-order valence-corrected chi connectivity index (χ3v) is 4.74. The number of nitrogens with one attached hydrogen (secondary N) is 1. The van der Waals surface area contributed by atoms with E-state index < -0.39 is 21.5 Å². The van der Waals surface area contributed by atoms with Crippen LogP contribution >= 0.6 is 12.4 Å². The van der Waals surface area contributed by atoms with E-state index in [0.717, 1.165) is 0 Å². The van der Waals surface area contributed by atoms with E-state index in [2.05, 4.69) is 9.46 Å². The van der Waals surface area contributed by atoms with Gasteiger partial charge in [0.05, 0.1) is 17.6 Å². The molecule has 0 saturated heterocycles. The Labute approximate surface area is 131 Å². The summed E-state index contributed by atoms with van der Waals surface area (Å²) in [4.78, 5) is 11.6. The van der Waals surface area contributed by atoms with Gasteiger partial charge in [-0.3, -0.25) is 0 Å². The third kappa shape index (κ3) is 4.67. The van der Waals surface area contributed by atoms with Gasteiger partial charge in [-0.25, -0.2) is 17.9 Å². The van der Waals surface area contributed by atoms with E-state index in [1.54, 1.807) is 20.8 Å². The van der Waals surface area contributed by atoms with Crippen LogP contribution in [0.25, 0.3) is 0 Å². The SMILES string of the molecule is COC(=O)c1cccc(S(=O)(=O)NC(C)(C)CN)c1C.Cl. The number of hydrogen-bond donors (Lipinski definition) is 2. The maximum atomic E-state index is 12.4. The zero-order valence-corrected chi connectivity index (χ0v) is 14.1. The number of esters is 1. The Morgan fingerprint density at radius 1 is 1.38 bits per heavy atom. The topological polar surface area (TPSA) is 98.5 Å². The molecule has 1 rings (SSSR count). The molecule has 0 saturated carbocycles. The number of halogens is 1. The van der Waals surface area contributed by atoms with Crippen molar-refractivity contribution in [1.82, 2.24) is 4.72 Å². The van der Waals surface area contributed by atoms with Crippen molar-refractivity contribution >= 4 is 28.4 Å². The third-order valence-electron chi connectivity index (χ3n) is 2.90. The summed E-state index contributed by atoms with van der Waals surface area (Å²) < 4.78 is 31.9. The van der Waals surface area contributed by atoms with Crippen LogP contribution in [0.1, 0.15) is 29.8 Å². The van der Waals surface area contributed by atoms with E-state index in [9.17, 15) is 13.2 Å². The number of hydrogen-bond acceptors (Lipinski definition) is 5. The highest BCUT2D eigenvalue weighted by Gasteiger charge is 2.27. The number of carbonyl (C=O) groups excluding carboxylic acids is 1. The monoisotopic (exact) mass is 336 g/mol. The molecule has 0 aliphatic heterocycles. The van der Waals surface area contributed by atoms with Crippen molar-refractivity contribution in [1.29, 1.82) is 0 Å². The molecular formula is C13H21ClN2O4S. The normalized spacial score (nSPS) is 11.7. The minimum Gasteiger partial charge on any atom is -0.465 e. The van der Waals surface area contributed by atoms with Crippen molar-refractivity contribution in [2.24, 2.45) is 5.73 Å². The summed E-state index contributed by atoms with van der Waals surface area (Å²) in [5.41, 5.74) is 5.33. The van der Waals surface area contributed by atoms with Gasteiger partial charge in [-0.15, -0.1) is 12.4 Å². The van der Waals surface area contributed by atoms with Gasteiger partial charge in [0.15, 0.2) is 0 Å². The van der Waals surface area contributed by atoms with Crippen molar-refractivity contribution in [3.05, 3.63) is 29.3 Å². The molecule has 0 aromatic heterocycles. The van der Waals surface area contributed by atoms with Gasteiger partial charge in [-0.05, 0) is 38.5 Å². The summed E-state index contributed by atoms with van der Waals surface area (Å²) in [5.74, 6) is -0.572. The summed E-state index contributed by atoms with van der Waals surface area (Å²) in [7, 11) is -2.51. The van der Waals surface area contributed by atoms with E-state index in [0.29, 0.717) is 5.56 Å². The second-order valence-electron chi connectivity index (χ2n) is 5.11. The largest absolute Gasteiger partial charge is 0.465 e. The summed E-state index contributed by atoms with van der Waals surface area (Å²) in [6.07, 6.45) is 0. The lowest BCUT2D eigenvalue weighted by Gasteiger charge is -2.24. The molecule has 1 aromatic rings. The van der Waals surface area contributed by atoms with Crippen LogP contribution < -0.4 is 10.5 Å². The molecule has 1 aromatic carbocycles. The molecule has 8 heteroatoms. The van der Waals surface area contributed by atoms with Crippen LogP contribution in [0.4, 0.5) is 0 Å². The predicted molar refractivity (Wildman–Crippen MR) is 83.2 cm³/mol. The van der Waals surface area contributed by atoms with Gasteiger partial charge in [0.2, 0.25) is 10.0 Å². The second-order valence-corrected chi connectivity index (χ2v) is 6.76. The highest BCUT2D eigenvalue weighted by Crippen LogP contribution is 2.21. The van der Waals surface area contributed by atoms with E-state index in [1.807, 2.05) is 0 Å². The molecule has 0 heterocycles. The van der Waals surface area contributed by atoms with E-state index in [1.165, 1.54) is 25.3 Å². The minimum atomic E-state index is -3.76. The first-order valence-electron chi connectivity index (χ1n) is 6.06. The quantitative estimate of drug-likeness (QED) is 0.788. The van der Waals surface area contributed by atoms with Crippen molar-refractivity contribution in [3.63, 3.8) is 0 Å². The van der Waals surface area contributed by atoms with Gasteiger partial charge >= 0.3 is 5.97 Å². The van der Waals surface area contributed by atoms with Crippen LogP contribution in [0.5, 0.6) is 0 Å². The number of methoxy groups -OCH3 is 1. The molecule has 0 aliphatic rings. The molecule has 0 bridgehead atoms. The zero-order valence-electron chi connectivity index (χ0n) is 12.5. The van der Waals surface area contributed by atoms with Crippen LogP contribution in [-0.2, 0) is 14.8 Å². The first-order valence-corrected chi connectivity index (χ1v) is 7.55. The highest BCUT2D eigenvalue weighted by molar-refractivity contribution is 7.89. The minimum absolute atomic E-state index is 0. The predicted octanol–water partition coefficient (Wildman–Crippen LogP) is 1.22. The van der Waals surface area contributed by atoms with Gasteiger partial charge in [-0.1, -0.05) is 6.07 Å². The van der Waals surface area contributed by atoms with Gasteiger partial charge in [-0.2, -0.15) is 0 Å². The molecule has 0 amide bonds. The fraction of sp³-hybridized carbons (Fsp3) is 0.462. The van der Waals surface area contributed by atoms with E-state index in [4.69, 9.17) is 5.73 Å². The fourth-order valence-electron chi connectivity index (χ4n) is 1.70. The number of benzene rings is 1. The second kappa shape index (κ2) is 7.22. The molecule has 0 fully saturated rings. The van der Waals surface area contributed by atoms with Crippen LogP contribution in [0, 0.1) is 6.92 Å². The van der Waals surface area contributed by atoms with Gasteiger partial charge in [0, 0.05) is 12.1 Å². The number of ether oxygens (including phenoxy) is 1. The Hall–Kier alpha value is -1.15. The van der Waals surface area contributed by atoms with Crippen LogP contribution in [-0.4, -0.2) is 33.6 Å². The number of rotatable bonds is 5. The number of carbonyl (C=O) groups is 1. The highest BCUT2D eigenvalue weighted by atomic mass is 35.5. The summed E-state index contributed by atoms with van der Waals surface area (Å²) in [5, 5.41) is 0. The summed E-state index contributed by atoms with van der Waals surface area (Å²) >= 11 is 0. The first kappa shape index (κ1) is 19.9. The first-order chi connectivity index (χ1) is 9.14. The fourth-order valence-corrected chi connectivity index (χ4v) is 3.39. The van der Waals surface area contributed by atoms with E-state index in [-0.39, 0.29) is 29.4 Å². The smallest absolute Gasteiger partial charge is 0.338 e. The van der Waals surface area contributed by atoms with Crippen molar-refractivity contribution in [2.45, 2.75) is 31.2 Å². The Morgan fingerprint density at radius 2 is 1.95 bits per heavy atom. The Kier molecular flexibility index (Phi) is 6.82. The Bertz CT molecular complexity index is 615. The lowest BCUT2D eigenvalue weighted by molar-refractivity contribution is 0.0599. The van der Waals surface area contributed by atoms with Crippen molar-refractivity contribution < 1.29 is 17.9 Å². The van der Waals surface area contributed by atoms with Crippen LogP contribution in [0.15, 0.2) is 23.1 Å².